The number of halogens is 1. The van der Waals surface area contributed by atoms with E-state index in [1.807, 2.05) is 37.3 Å². The molecule has 0 aliphatic heterocycles. The Hall–Kier alpha value is -2.36. The molecule has 2 aromatic heterocycles. The van der Waals surface area contributed by atoms with Gasteiger partial charge in [0.1, 0.15) is 11.6 Å². The fraction of sp³-hybridized carbons (Fsp3) is 0.381. The van der Waals surface area contributed by atoms with Gasteiger partial charge in [0.15, 0.2) is 5.96 Å². The van der Waals surface area contributed by atoms with Gasteiger partial charge in [0, 0.05) is 52.5 Å². The van der Waals surface area contributed by atoms with Gasteiger partial charge in [0.05, 0.1) is 11.0 Å². The molecule has 2 heterocycles. The molecule has 3 rings (SSSR count). The molecule has 2 N–H and O–H groups in total. The number of benzene rings is 1. The second kappa shape index (κ2) is 11.0. The van der Waals surface area contributed by atoms with Crippen LogP contribution in [0.5, 0.6) is 0 Å². The summed E-state index contributed by atoms with van der Waals surface area (Å²) in [6, 6.07) is 12.3. The van der Waals surface area contributed by atoms with Gasteiger partial charge in [0.2, 0.25) is 0 Å². The molecule has 0 fully saturated rings. The summed E-state index contributed by atoms with van der Waals surface area (Å²) in [6.07, 6.45) is 2.80. The van der Waals surface area contributed by atoms with Crippen molar-refractivity contribution in [2.24, 2.45) is 4.99 Å². The van der Waals surface area contributed by atoms with Crippen molar-refractivity contribution in [2.75, 3.05) is 32.6 Å². The zero-order valence-corrected chi connectivity index (χ0v) is 19.8. The highest BCUT2D eigenvalue weighted by atomic mass is 127. The van der Waals surface area contributed by atoms with Crippen molar-refractivity contribution < 1.29 is 0 Å². The Morgan fingerprint density at radius 2 is 1.93 bits per heavy atom. The molecule has 0 saturated heterocycles. The lowest BCUT2D eigenvalue weighted by Crippen LogP contribution is -2.37. The van der Waals surface area contributed by atoms with Gasteiger partial charge in [-0.25, -0.2) is 9.97 Å². The lowest BCUT2D eigenvalue weighted by Gasteiger charge is -2.17. The van der Waals surface area contributed by atoms with E-state index in [0.29, 0.717) is 6.54 Å². The fourth-order valence-corrected chi connectivity index (χ4v) is 3.29. The number of anilines is 1. The molecular formula is C21H30IN7. The van der Waals surface area contributed by atoms with E-state index in [9.17, 15) is 0 Å². The lowest BCUT2D eigenvalue weighted by molar-refractivity contribution is 0.624. The van der Waals surface area contributed by atoms with Crippen molar-refractivity contribution in [3.8, 4) is 0 Å². The first-order valence-corrected chi connectivity index (χ1v) is 9.57. The summed E-state index contributed by atoms with van der Waals surface area (Å²) in [5, 5.41) is 6.76. The van der Waals surface area contributed by atoms with Crippen molar-refractivity contribution in [3.05, 3.63) is 54.0 Å². The van der Waals surface area contributed by atoms with Crippen LogP contribution in [0.3, 0.4) is 0 Å². The van der Waals surface area contributed by atoms with Crippen LogP contribution in [-0.4, -0.2) is 48.2 Å². The molecule has 3 aromatic rings. The minimum absolute atomic E-state index is 0. The molecular weight excluding hydrogens is 477 g/mol. The largest absolute Gasteiger partial charge is 0.362 e. The van der Waals surface area contributed by atoms with E-state index in [4.69, 9.17) is 0 Å². The average molecular weight is 507 g/mol. The number of nitrogens with one attached hydrogen (secondary N) is 2. The lowest BCUT2D eigenvalue weighted by atomic mass is 10.2. The van der Waals surface area contributed by atoms with Crippen molar-refractivity contribution in [1.29, 1.82) is 0 Å². The van der Waals surface area contributed by atoms with Crippen molar-refractivity contribution in [3.63, 3.8) is 0 Å². The van der Waals surface area contributed by atoms with Crippen LogP contribution in [0.2, 0.25) is 0 Å². The number of hydrogen-bond acceptors (Lipinski definition) is 4. The maximum absolute atomic E-state index is 4.63. The molecule has 8 heteroatoms. The van der Waals surface area contributed by atoms with Gasteiger partial charge in [-0.3, -0.25) is 4.99 Å². The Bertz CT molecular complexity index is 949. The number of guanidine groups is 1. The molecule has 0 bridgehead atoms. The zero-order valence-electron chi connectivity index (χ0n) is 17.5. The van der Waals surface area contributed by atoms with Crippen molar-refractivity contribution in [1.82, 2.24) is 25.2 Å². The minimum atomic E-state index is 0. The minimum Gasteiger partial charge on any atom is -0.362 e. The van der Waals surface area contributed by atoms with Crippen LogP contribution in [0.25, 0.3) is 11.0 Å². The summed E-state index contributed by atoms with van der Waals surface area (Å²) in [5.41, 5.74) is 3.38. The highest BCUT2D eigenvalue weighted by Crippen LogP contribution is 2.16. The summed E-state index contributed by atoms with van der Waals surface area (Å²) < 4.78 is 2.27. The first-order valence-electron chi connectivity index (χ1n) is 9.57. The van der Waals surface area contributed by atoms with Crippen LogP contribution in [-0.2, 0) is 13.1 Å². The Morgan fingerprint density at radius 1 is 1.14 bits per heavy atom. The third kappa shape index (κ3) is 5.81. The number of pyridine rings is 1. The van der Waals surface area contributed by atoms with Crippen molar-refractivity contribution >= 4 is 46.8 Å². The van der Waals surface area contributed by atoms with Crippen LogP contribution in [0, 0.1) is 6.92 Å². The number of para-hydroxylation sites is 2. The van der Waals surface area contributed by atoms with Crippen LogP contribution in [0.1, 0.15) is 17.8 Å². The average Bonchev–Trinajstić information content (AvgIpc) is 3.02. The molecule has 0 saturated carbocycles. The van der Waals surface area contributed by atoms with Gasteiger partial charge in [-0.2, -0.15) is 0 Å². The summed E-state index contributed by atoms with van der Waals surface area (Å²) >= 11 is 0. The number of hydrogen-bond donors (Lipinski definition) is 2. The van der Waals surface area contributed by atoms with Crippen molar-refractivity contribution in [2.45, 2.75) is 26.4 Å². The number of aromatic nitrogens is 3. The highest BCUT2D eigenvalue weighted by Gasteiger charge is 2.08. The molecule has 0 amide bonds. The second-order valence-electron chi connectivity index (χ2n) is 6.89. The van der Waals surface area contributed by atoms with E-state index in [1.54, 1.807) is 7.05 Å². The Balaban J connectivity index is 0.00000300. The number of fused-ring (bicyclic) bond motifs is 1. The number of imidazole rings is 1. The fourth-order valence-electron chi connectivity index (χ4n) is 3.29. The van der Waals surface area contributed by atoms with Gasteiger partial charge >= 0.3 is 0 Å². The zero-order chi connectivity index (χ0) is 19.9. The molecule has 0 aliphatic rings. The van der Waals surface area contributed by atoms with Gasteiger partial charge in [-0.15, -0.1) is 24.0 Å². The van der Waals surface area contributed by atoms with Crippen LogP contribution < -0.4 is 15.5 Å². The Kier molecular flexibility index (Phi) is 8.69. The monoisotopic (exact) mass is 507 g/mol. The highest BCUT2D eigenvalue weighted by molar-refractivity contribution is 14.0. The smallest absolute Gasteiger partial charge is 0.191 e. The predicted molar refractivity (Wildman–Crippen MR) is 131 cm³/mol. The van der Waals surface area contributed by atoms with Gasteiger partial charge in [-0.1, -0.05) is 18.2 Å². The molecule has 0 spiro atoms. The third-order valence-corrected chi connectivity index (χ3v) is 4.66. The molecule has 0 unspecified atom stereocenters. The summed E-state index contributed by atoms with van der Waals surface area (Å²) in [4.78, 5) is 15.4. The van der Waals surface area contributed by atoms with Crippen LogP contribution in [0.4, 0.5) is 5.82 Å². The molecule has 1 aromatic carbocycles. The van der Waals surface area contributed by atoms with Gasteiger partial charge in [-0.05, 0) is 31.5 Å². The second-order valence-corrected chi connectivity index (χ2v) is 6.89. The summed E-state index contributed by atoms with van der Waals surface area (Å²) in [7, 11) is 5.79. The number of rotatable bonds is 7. The van der Waals surface area contributed by atoms with Crippen LogP contribution in [0.15, 0.2) is 47.6 Å². The quantitative estimate of drug-likeness (QED) is 0.223. The van der Waals surface area contributed by atoms with E-state index in [0.717, 1.165) is 48.2 Å². The van der Waals surface area contributed by atoms with Gasteiger partial charge < -0.3 is 20.1 Å². The van der Waals surface area contributed by atoms with Crippen LogP contribution >= 0.6 is 24.0 Å². The van der Waals surface area contributed by atoms with Gasteiger partial charge in [0.25, 0.3) is 0 Å². The van der Waals surface area contributed by atoms with E-state index < -0.39 is 0 Å². The Morgan fingerprint density at radius 3 is 2.69 bits per heavy atom. The number of aliphatic imine (C=N–C) groups is 1. The first kappa shape index (κ1) is 22.9. The molecule has 7 nitrogen and oxygen atoms in total. The SMILES string of the molecule is CN=C(NCCCn1c(C)nc2ccccc21)NCc1cccnc1N(C)C.I. The molecule has 156 valence electrons. The van der Waals surface area contributed by atoms with E-state index in [-0.39, 0.29) is 24.0 Å². The molecule has 0 atom stereocenters. The summed E-state index contributed by atoms with van der Waals surface area (Å²) in [5.74, 6) is 2.81. The molecule has 0 aliphatic carbocycles. The normalized spacial score (nSPS) is 11.2. The first-order chi connectivity index (χ1) is 13.6. The number of aryl methyl sites for hydroxylation is 2. The maximum Gasteiger partial charge on any atom is 0.191 e. The van der Waals surface area contributed by atoms with E-state index in [1.165, 1.54) is 5.52 Å². The molecule has 0 radical (unpaired) electrons. The predicted octanol–water partition coefficient (Wildman–Crippen LogP) is 3.18. The third-order valence-electron chi connectivity index (χ3n) is 4.66. The molecule has 29 heavy (non-hydrogen) atoms. The maximum atomic E-state index is 4.63. The summed E-state index contributed by atoms with van der Waals surface area (Å²) in [6.45, 7) is 4.49. The topological polar surface area (TPSA) is 70.4 Å². The van der Waals surface area contributed by atoms with E-state index >= 15 is 0 Å². The number of nitrogens with zero attached hydrogens (tertiary/aromatic N) is 5. The van der Waals surface area contributed by atoms with E-state index in [2.05, 4.69) is 61.4 Å². The standard InChI is InChI=1S/C21H29N7.HI/c1-16-26-18-10-5-6-11-19(18)28(16)14-8-13-24-21(22-2)25-15-17-9-7-12-23-20(17)27(3)4;/h5-7,9-12H,8,13-15H2,1-4H3,(H2,22,24,25);1H. The Labute approximate surface area is 189 Å².